The summed E-state index contributed by atoms with van der Waals surface area (Å²) in [5.41, 5.74) is -0.453. The smallest absolute Gasteiger partial charge is 0.434 e. The van der Waals surface area contributed by atoms with Crippen LogP contribution in [0.15, 0.2) is 40.9 Å². The molecular weight excluding hydrogens is 673 g/mol. The lowest BCUT2D eigenvalue weighted by molar-refractivity contribution is -0.140. The van der Waals surface area contributed by atoms with Crippen LogP contribution in [0.1, 0.15) is 62.6 Å². The first kappa shape index (κ1) is 36.9. The van der Waals surface area contributed by atoms with Gasteiger partial charge in [0.05, 0.1) is 12.0 Å². The molecule has 0 radical (unpaired) electrons. The highest BCUT2D eigenvalue weighted by Crippen LogP contribution is 2.39. The first-order valence-electron chi connectivity index (χ1n) is 16.7. The molecule has 1 fully saturated rings. The first-order chi connectivity index (χ1) is 24.0. The standard InChI is InChI=1S/C34H41F3N8O4S/c1-5-38-33(48)42-28-15-23(31-41-27(20-50-31)34(35,36)37)25(17-39-28)21-14-24-29(46)26(32(47)49-8-4)19-45(30(24)40-16-21)22-10-9-11-44(18-22)13-12-43(6-2)7-3/h14-17,19-20,22H,5-13,18H2,1-4H3,(H2,38,39,42,48)/t22-/m1/s1. The number of urea groups is 1. The number of nitrogens with zero attached hydrogens (tertiary/aromatic N) is 6. The van der Waals surface area contributed by atoms with E-state index in [2.05, 4.69) is 44.2 Å². The van der Waals surface area contributed by atoms with Crippen LogP contribution in [0.5, 0.6) is 0 Å². The highest BCUT2D eigenvalue weighted by Gasteiger charge is 2.34. The van der Waals surface area contributed by atoms with E-state index in [4.69, 9.17) is 9.72 Å². The van der Waals surface area contributed by atoms with Gasteiger partial charge in [0.15, 0.2) is 5.69 Å². The molecule has 0 saturated carbocycles. The maximum absolute atomic E-state index is 13.9. The molecule has 0 aromatic carbocycles. The number of anilines is 1. The topological polar surface area (TPSA) is 135 Å². The number of fused-ring (bicyclic) bond motifs is 1. The van der Waals surface area contributed by atoms with Gasteiger partial charge in [0.2, 0.25) is 5.43 Å². The number of nitrogens with one attached hydrogen (secondary N) is 2. The molecule has 2 amide bonds. The van der Waals surface area contributed by atoms with Gasteiger partial charge in [-0.25, -0.2) is 24.5 Å². The Morgan fingerprint density at radius 1 is 1.10 bits per heavy atom. The van der Waals surface area contributed by atoms with Crippen molar-refractivity contribution in [2.45, 2.75) is 52.8 Å². The predicted molar refractivity (Wildman–Crippen MR) is 186 cm³/mol. The second kappa shape index (κ2) is 16.1. The van der Waals surface area contributed by atoms with Crippen LogP contribution in [0.3, 0.4) is 0 Å². The van der Waals surface area contributed by atoms with Gasteiger partial charge in [0, 0.05) is 72.9 Å². The molecular formula is C34H41F3N8O4S. The molecule has 12 nitrogen and oxygen atoms in total. The number of ether oxygens (including phenoxy) is 1. The molecule has 1 aliphatic rings. The molecule has 1 saturated heterocycles. The molecule has 268 valence electrons. The van der Waals surface area contributed by atoms with E-state index in [0.29, 0.717) is 29.9 Å². The number of hydrogen-bond donors (Lipinski definition) is 2. The Balaban J connectivity index is 1.62. The lowest BCUT2D eigenvalue weighted by Crippen LogP contribution is -2.41. The van der Waals surface area contributed by atoms with E-state index in [0.717, 1.165) is 62.3 Å². The summed E-state index contributed by atoms with van der Waals surface area (Å²) in [5, 5.41) is 6.25. The molecule has 5 heterocycles. The van der Waals surface area contributed by atoms with Crippen molar-refractivity contribution in [1.29, 1.82) is 0 Å². The van der Waals surface area contributed by atoms with Gasteiger partial charge >= 0.3 is 18.2 Å². The quantitative estimate of drug-likeness (QED) is 0.172. The third kappa shape index (κ3) is 8.30. The van der Waals surface area contributed by atoms with Crippen LogP contribution in [-0.4, -0.2) is 93.7 Å². The maximum atomic E-state index is 13.9. The average Bonchev–Trinajstić information content (AvgIpc) is 3.61. The van der Waals surface area contributed by atoms with Gasteiger partial charge in [-0.2, -0.15) is 13.2 Å². The largest absolute Gasteiger partial charge is 0.462 e. The molecule has 0 unspecified atom stereocenters. The zero-order valence-corrected chi connectivity index (χ0v) is 29.3. The monoisotopic (exact) mass is 714 g/mol. The van der Waals surface area contributed by atoms with Crippen LogP contribution in [-0.2, 0) is 10.9 Å². The molecule has 1 aliphatic heterocycles. The van der Waals surface area contributed by atoms with Crippen molar-refractivity contribution in [3.05, 3.63) is 57.6 Å². The number of halogens is 3. The number of amides is 2. The van der Waals surface area contributed by atoms with E-state index < -0.39 is 29.3 Å². The molecule has 0 spiro atoms. The van der Waals surface area contributed by atoms with Gasteiger partial charge < -0.3 is 24.4 Å². The zero-order chi connectivity index (χ0) is 36.0. The molecule has 1 atom stereocenters. The molecule has 0 aliphatic carbocycles. The number of aromatic nitrogens is 4. The summed E-state index contributed by atoms with van der Waals surface area (Å²) in [4.78, 5) is 56.8. The minimum absolute atomic E-state index is 0.0264. The Kier molecular flexibility index (Phi) is 11.9. The third-order valence-corrected chi connectivity index (χ3v) is 9.56. The molecule has 16 heteroatoms. The van der Waals surface area contributed by atoms with Crippen molar-refractivity contribution in [3.8, 4) is 21.7 Å². The number of thiazole rings is 1. The Morgan fingerprint density at radius 2 is 1.88 bits per heavy atom. The molecule has 2 N–H and O–H groups in total. The van der Waals surface area contributed by atoms with Gasteiger partial charge in [0.1, 0.15) is 22.0 Å². The minimum Gasteiger partial charge on any atom is -0.462 e. The fourth-order valence-electron chi connectivity index (χ4n) is 6.08. The number of esters is 1. The number of piperidine rings is 1. The van der Waals surface area contributed by atoms with Crippen molar-refractivity contribution in [3.63, 3.8) is 0 Å². The third-order valence-electron chi connectivity index (χ3n) is 8.68. The van der Waals surface area contributed by atoms with E-state index >= 15 is 0 Å². The minimum atomic E-state index is -4.66. The van der Waals surface area contributed by atoms with Crippen LogP contribution in [0.2, 0.25) is 0 Å². The second-order valence-corrected chi connectivity index (χ2v) is 12.7. The second-order valence-electron chi connectivity index (χ2n) is 11.9. The van der Waals surface area contributed by atoms with E-state index in [-0.39, 0.29) is 40.0 Å². The van der Waals surface area contributed by atoms with Gasteiger partial charge in [-0.15, -0.1) is 11.3 Å². The SMILES string of the molecule is CCNC(=O)Nc1cc(-c2nc(C(F)(F)F)cs2)c(-c2cnc3c(c2)c(=O)c(C(=O)OCC)cn3[C@@H]2CCCN(CCN(CC)CC)C2)cn1. The van der Waals surface area contributed by atoms with Crippen LogP contribution < -0.4 is 16.1 Å². The van der Waals surface area contributed by atoms with Crippen molar-refractivity contribution in [1.82, 2.24) is 34.6 Å². The molecule has 4 aromatic rings. The highest BCUT2D eigenvalue weighted by atomic mass is 32.1. The summed E-state index contributed by atoms with van der Waals surface area (Å²) in [6, 6.07) is 2.38. The number of pyridine rings is 3. The van der Waals surface area contributed by atoms with Crippen LogP contribution in [0.25, 0.3) is 32.7 Å². The number of likely N-dealkylation sites (tertiary alicyclic amines) is 1. The zero-order valence-electron chi connectivity index (χ0n) is 28.5. The number of rotatable bonds is 12. The van der Waals surface area contributed by atoms with Crippen LogP contribution >= 0.6 is 11.3 Å². The molecule has 5 rings (SSSR count). The van der Waals surface area contributed by atoms with Crippen LogP contribution in [0, 0.1) is 0 Å². The van der Waals surface area contributed by atoms with E-state index in [1.165, 1.54) is 24.7 Å². The summed E-state index contributed by atoms with van der Waals surface area (Å²) in [6.07, 6.45) is 1.52. The van der Waals surface area contributed by atoms with Crippen LogP contribution in [0.4, 0.5) is 23.8 Å². The normalized spacial score (nSPS) is 15.4. The summed E-state index contributed by atoms with van der Waals surface area (Å²) in [6.45, 7) is 13.5. The number of alkyl halides is 3. The van der Waals surface area contributed by atoms with Gasteiger partial charge in [-0.05, 0) is 58.5 Å². The number of carbonyl (C=O) groups is 2. The predicted octanol–water partition coefficient (Wildman–Crippen LogP) is 5.90. The van der Waals surface area contributed by atoms with Crippen molar-refractivity contribution in [2.75, 3.05) is 57.7 Å². The van der Waals surface area contributed by atoms with E-state index in [1.807, 2.05) is 4.57 Å². The lowest BCUT2D eigenvalue weighted by atomic mass is 10.0. The number of hydrogen-bond acceptors (Lipinski definition) is 10. The molecule has 0 bridgehead atoms. The van der Waals surface area contributed by atoms with E-state index in [9.17, 15) is 27.6 Å². The van der Waals surface area contributed by atoms with Crippen molar-refractivity contribution >= 4 is 40.2 Å². The average molecular weight is 715 g/mol. The summed E-state index contributed by atoms with van der Waals surface area (Å²) in [7, 11) is 0. The fraction of sp³-hybridized carbons (Fsp3) is 0.471. The van der Waals surface area contributed by atoms with Gasteiger partial charge in [-0.3, -0.25) is 10.1 Å². The lowest BCUT2D eigenvalue weighted by Gasteiger charge is -2.35. The first-order valence-corrected chi connectivity index (χ1v) is 17.6. The summed E-state index contributed by atoms with van der Waals surface area (Å²) >= 11 is 0.782. The van der Waals surface area contributed by atoms with Crippen molar-refractivity contribution < 1.29 is 27.5 Å². The Labute approximate surface area is 291 Å². The Morgan fingerprint density at radius 3 is 2.56 bits per heavy atom. The fourth-order valence-corrected chi connectivity index (χ4v) is 6.93. The molecule has 4 aromatic heterocycles. The summed E-state index contributed by atoms with van der Waals surface area (Å²) in [5.74, 6) is -0.666. The maximum Gasteiger partial charge on any atom is 0.434 e. The molecule has 50 heavy (non-hydrogen) atoms. The van der Waals surface area contributed by atoms with Gasteiger partial charge in [0.25, 0.3) is 0 Å². The van der Waals surface area contributed by atoms with E-state index in [1.54, 1.807) is 19.9 Å². The summed E-state index contributed by atoms with van der Waals surface area (Å²) < 4.78 is 47.8. The Bertz CT molecular complexity index is 1890. The van der Waals surface area contributed by atoms with Crippen molar-refractivity contribution in [2.24, 2.45) is 0 Å². The number of carbonyl (C=O) groups excluding carboxylic acids is 2. The number of likely N-dealkylation sites (N-methyl/N-ethyl adjacent to an activating group) is 1. The highest BCUT2D eigenvalue weighted by molar-refractivity contribution is 7.13. The Hall–Kier alpha value is -4.41. The van der Waals surface area contributed by atoms with Gasteiger partial charge in [-0.1, -0.05) is 13.8 Å².